The first kappa shape index (κ1) is 22.4. The maximum Gasteiger partial charge on any atom is 0.416 e. The van der Waals surface area contributed by atoms with Gasteiger partial charge in [0.15, 0.2) is 0 Å². The predicted octanol–water partition coefficient (Wildman–Crippen LogP) is 8.01. The largest absolute Gasteiger partial charge is 0.416 e. The molecule has 27 heavy (non-hydrogen) atoms. The number of alkyl halides is 6. The molecule has 0 aliphatic heterocycles. The summed E-state index contributed by atoms with van der Waals surface area (Å²) in [5, 5.41) is 7.98. The molecule has 0 amide bonds. The molecule has 0 saturated heterocycles. The van der Waals surface area contributed by atoms with E-state index in [9.17, 15) is 31.6 Å². The first-order valence-corrected chi connectivity index (χ1v) is 10.8. The van der Waals surface area contributed by atoms with Crippen LogP contribution in [0.5, 0.6) is 0 Å². The molecular formula is C14H6Cl4F6N2S. The number of rotatable bonds is 4. The quantitative estimate of drug-likeness (QED) is 0.400. The van der Waals surface area contributed by atoms with Gasteiger partial charge in [-0.05, 0) is 42.0 Å². The molecule has 13 heteroatoms. The minimum Gasteiger partial charge on any atom is -0.310 e. The van der Waals surface area contributed by atoms with E-state index in [1.54, 1.807) is 0 Å². The molecule has 148 valence electrons. The predicted molar refractivity (Wildman–Crippen MR) is 94.0 cm³/mol. The van der Waals surface area contributed by atoms with E-state index in [0.29, 0.717) is 16.7 Å². The summed E-state index contributed by atoms with van der Waals surface area (Å²) < 4.78 is 79.5. The Kier molecular flexibility index (Phi) is 6.49. The average molecular weight is 490 g/mol. The van der Waals surface area contributed by atoms with Crippen molar-refractivity contribution in [3.8, 4) is 11.8 Å². The Bertz CT molecular complexity index is 897. The minimum absolute atomic E-state index is 0.418. The summed E-state index contributed by atoms with van der Waals surface area (Å²) in [7, 11) is 8.34. The second kappa shape index (κ2) is 7.84. The number of halogens is 10. The van der Waals surface area contributed by atoms with E-state index in [1.807, 2.05) is 0 Å². The fraction of sp³-hybridized carbons (Fsp3) is 0.214. The first-order chi connectivity index (χ1) is 12.3. The molecule has 0 saturated carbocycles. The summed E-state index contributed by atoms with van der Waals surface area (Å²) >= 11 is 11.7. The Morgan fingerprint density at radius 1 is 1.15 bits per heavy atom. The zero-order valence-corrected chi connectivity index (χ0v) is 16.4. The molecule has 0 fully saturated rings. The van der Waals surface area contributed by atoms with E-state index in [1.165, 1.54) is 6.07 Å². The smallest absolute Gasteiger partial charge is 0.310 e. The number of hydrogen-bond donors (Lipinski definition) is 0. The molecule has 0 aliphatic rings. The van der Waals surface area contributed by atoms with Crippen molar-refractivity contribution in [1.29, 1.82) is 5.26 Å². The Morgan fingerprint density at radius 2 is 1.67 bits per heavy atom. The Labute approximate surface area is 169 Å². The van der Waals surface area contributed by atoms with Crippen molar-refractivity contribution in [2.75, 3.05) is 6.01 Å². The lowest BCUT2D eigenvalue weighted by Gasteiger charge is -2.19. The van der Waals surface area contributed by atoms with Crippen molar-refractivity contribution in [3.05, 3.63) is 45.2 Å². The maximum atomic E-state index is 13.6. The van der Waals surface area contributed by atoms with Gasteiger partial charge < -0.3 is 4.57 Å². The Balaban J connectivity index is 2.86. The number of nitrogens with zero attached hydrogens (tertiary/aromatic N) is 2. The van der Waals surface area contributed by atoms with Gasteiger partial charge in [-0.1, -0.05) is 23.2 Å². The van der Waals surface area contributed by atoms with Gasteiger partial charge in [0, 0.05) is 6.20 Å². The molecule has 2 nitrogen and oxygen atoms in total. The molecule has 0 atom stereocenters. The standard InChI is InChI=1S/C14H6Cl4F6N2S/c15-8-1-6(14(22,23)24)2-9(16)12(8)26-4-10(27(17,18)5-19)7(3-25)11(26)13(20)21/h1-2,4,13H,5H2. The van der Waals surface area contributed by atoms with Crippen LogP contribution in [0.25, 0.3) is 5.69 Å². The van der Waals surface area contributed by atoms with E-state index in [4.69, 9.17) is 44.6 Å². The first-order valence-electron chi connectivity index (χ1n) is 6.61. The minimum atomic E-state index is -4.78. The summed E-state index contributed by atoms with van der Waals surface area (Å²) in [5.74, 6) is 0. The van der Waals surface area contributed by atoms with Crippen molar-refractivity contribution >= 4 is 53.0 Å². The molecule has 0 unspecified atom stereocenters. The zero-order valence-electron chi connectivity index (χ0n) is 12.6. The molecule has 2 aromatic rings. The summed E-state index contributed by atoms with van der Waals surface area (Å²) in [6.45, 7) is 0. The van der Waals surface area contributed by atoms with Gasteiger partial charge in [-0.15, -0.1) is 0 Å². The lowest BCUT2D eigenvalue weighted by atomic mass is 10.2. The van der Waals surface area contributed by atoms with Crippen molar-refractivity contribution in [3.63, 3.8) is 0 Å². The fourth-order valence-corrected chi connectivity index (χ4v) is 4.45. The lowest BCUT2D eigenvalue weighted by Crippen LogP contribution is -2.08. The van der Waals surface area contributed by atoms with E-state index < -0.39 is 64.5 Å². The summed E-state index contributed by atoms with van der Waals surface area (Å²) in [4.78, 5) is -0.418. The fourth-order valence-electron chi connectivity index (χ4n) is 2.25. The van der Waals surface area contributed by atoms with Gasteiger partial charge in [0.2, 0.25) is 0 Å². The highest BCUT2D eigenvalue weighted by Gasteiger charge is 2.35. The van der Waals surface area contributed by atoms with Crippen LogP contribution in [0.2, 0.25) is 10.0 Å². The van der Waals surface area contributed by atoms with Crippen molar-refractivity contribution in [1.82, 2.24) is 4.57 Å². The van der Waals surface area contributed by atoms with E-state index in [0.717, 1.165) is 6.20 Å². The van der Waals surface area contributed by atoms with Crippen LogP contribution in [-0.2, 0) is 6.18 Å². The van der Waals surface area contributed by atoms with Gasteiger partial charge in [0.25, 0.3) is 6.43 Å². The maximum absolute atomic E-state index is 13.6. The normalized spacial score (nSPS) is 13.1. The van der Waals surface area contributed by atoms with Crippen LogP contribution in [0.4, 0.5) is 26.3 Å². The van der Waals surface area contributed by atoms with E-state index in [2.05, 4.69) is 0 Å². The number of nitriles is 1. The Morgan fingerprint density at radius 3 is 2.04 bits per heavy atom. The van der Waals surface area contributed by atoms with Gasteiger partial charge >= 0.3 is 6.18 Å². The molecule has 1 heterocycles. The number of benzene rings is 1. The molecule has 1 aromatic carbocycles. The second-order valence-electron chi connectivity index (χ2n) is 5.01. The molecule has 0 radical (unpaired) electrons. The highest BCUT2D eigenvalue weighted by atomic mass is 36.0. The van der Waals surface area contributed by atoms with Crippen molar-refractivity contribution < 1.29 is 26.3 Å². The van der Waals surface area contributed by atoms with Crippen molar-refractivity contribution in [2.45, 2.75) is 17.5 Å². The molecule has 0 bridgehead atoms. The molecule has 0 aliphatic carbocycles. The average Bonchev–Trinajstić information content (AvgIpc) is 2.93. The summed E-state index contributed by atoms with van der Waals surface area (Å²) in [5.41, 5.74) is -3.32. The third-order valence-corrected chi connectivity index (χ3v) is 6.67. The molecule has 1 aromatic heterocycles. The van der Waals surface area contributed by atoms with Gasteiger partial charge in [-0.25, -0.2) is 13.2 Å². The van der Waals surface area contributed by atoms with E-state index in [-0.39, 0.29) is 0 Å². The van der Waals surface area contributed by atoms with Gasteiger partial charge in [0.05, 0.1) is 31.8 Å². The SMILES string of the molecule is N#Cc1c(S(Cl)(Cl)CF)cn(-c2c(Cl)cc(C(F)(F)F)cc2Cl)c1C(F)F. The Hall–Kier alpha value is -0.920. The monoisotopic (exact) mass is 488 g/mol. The van der Waals surface area contributed by atoms with Gasteiger partial charge in [0.1, 0.15) is 17.8 Å². The van der Waals surface area contributed by atoms with Crippen LogP contribution < -0.4 is 0 Å². The lowest BCUT2D eigenvalue weighted by molar-refractivity contribution is -0.137. The second-order valence-corrected chi connectivity index (χ2v) is 11.3. The summed E-state index contributed by atoms with van der Waals surface area (Å²) in [6, 6.07) is 1.10. The van der Waals surface area contributed by atoms with Crippen LogP contribution in [0.15, 0.2) is 23.2 Å². The third-order valence-electron chi connectivity index (χ3n) is 3.37. The van der Waals surface area contributed by atoms with Crippen molar-refractivity contribution in [2.24, 2.45) is 0 Å². The highest BCUT2D eigenvalue weighted by molar-refractivity contribution is 8.65. The zero-order chi connectivity index (χ0) is 20.7. The molecule has 2 rings (SSSR count). The van der Waals surface area contributed by atoms with E-state index >= 15 is 0 Å². The van der Waals surface area contributed by atoms with Crippen LogP contribution in [-0.4, -0.2) is 10.6 Å². The summed E-state index contributed by atoms with van der Waals surface area (Å²) in [6.07, 6.45) is -7.24. The molecule has 0 spiro atoms. The molecule has 0 N–H and O–H groups in total. The van der Waals surface area contributed by atoms with Gasteiger partial charge in [-0.3, -0.25) is 0 Å². The topological polar surface area (TPSA) is 28.7 Å². The van der Waals surface area contributed by atoms with Crippen LogP contribution >= 0.6 is 53.0 Å². The highest BCUT2D eigenvalue weighted by Crippen LogP contribution is 2.67. The molecular weight excluding hydrogens is 484 g/mol. The van der Waals surface area contributed by atoms with Gasteiger partial charge in [-0.2, -0.15) is 18.4 Å². The number of aromatic nitrogens is 1. The van der Waals surface area contributed by atoms with Crippen LogP contribution in [0.1, 0.15) is 23.2 Å². The van der Waals surface area contributed by atoms with Crippen LogP contribution in [0.3, 0.4) is 0 Å². The van der Waals surface area contributed by atoms with Crippen LogP contribution in [0, 0.1) is 11.3 Å². The third kappa shape index (κ3) is 4.25. The number of hydrogen-bond acceptors (Lipinski definition) is 1.